The van der Waals surface area contributed by atoms with Crippen molar-refractivity contribution in [2.75, 3.05) is 46.4 Å². The highest BCUT2D eigenvalue weighted by Crippen LogP contribution is 2.26. The van der Waals surface area contributed by atoms with Crippen molar-refractivity contribution in [2.45, 2.75) is 13.0 Å². The Labute approximate surface area is 201 Å². The number of benzene rings is 2. The van der Waals surface area contributed by atoms with E-state index in [0.29, 0.717) is 36.2 Å². The van der Waals surface area contributed by atoms with Crippen molar-refractivity contribution in [3.05, 3.63) is 64.2 Å². The van der Waals surface area contributed by atoms with Gasteiger partial charge >= 0.3 is 0 Å². The van der Waals surface area contributed by atoms with Crippen LogP contribution in [-0.2, 0) is 11.3 Å². The lowest BCUT2D eigenvalue weighted by atomic mass is 10.0. The summed E-state index contributed by atoms with van der Waals surface area (Å²) in [4.78, 5) is 48.6. The van der Waals surface area contributed by atoms with Gasteiger partial charge in [0.1, 0.15) is 5.01 Å². The van der Waals surface area contributed by atoms with E-state index in [2.05, 4.69) is 9.88 Å². The Morgan fingerprint density at radius 1 is 1.06 bits per heavy atom. The van der Waals surface area contributed by atoms with Gasteiger partial charge in [-0.2, -0.15) is 0 Å². The maximum atomic E-state index is 13.1. The molecule has 1 saturated heterocycles. The summed E-state index contributed by atoms with van der Waals surface area (Å²) in [6.45, 7) is 4.74. The van der Waals surface area contributed by atoms with Crippen LogP contribution >= 0.6 is 11.3 Å². The number of carbonyl (C=O) groups is 3. The van der Waals surface area contributed by atoms with Crippen molar-refractivity contribution in [1.82, 2.24) is 19.7 Å². The first kappa shape index (κ1) is 22.6. The molecule has 1 aromatic heterocycles. The summed E-state index contributed by atoms with van der Waals surface area (Å²) >= 11 is 1.56. The van der Waals surface area contributed by atoms with Gasteiger partial charge < -0.3 is 9.64 Å². The van der Waals surface area contributed by atoms with Crippen LogP contribution < -0.4 is 0 Å². The zero-order valence-electron chi connectivity index (χ0n) is 19.0. The predicted molar refractivity (Wildman–Crippen MR) is 129 cm³/mol. The number of amides is 3. The zero-order valence-corrected chi connectivity index (χ0v) is 19.8. The molecule has 0 saturated carbocycles. The number of hydrogen-bond donors (Lipinski definition) is 0. The SMILES string of the molecule is CN(Cc1nc2ccccc2s1)C(=O)c1ccc2c(c1)C(=O)N(CCCN1CCOCC1)C2=O. The number of aromatic nitrogens is 1. The third-order valence-corrected chi connectivity index (χ3v) is 7.26. The van der Waals surface area contributed by atoms with E-state index in [0.717, 1.165) is 48.1 Å². The molecule has 3 aromatic rings. The lowest BCUT2D eigenvalue weighted by Gasteiger charge is -2.27. The summed E-state index contributed by atoms with van der Waals surface area (Å²) in [6.07, 6.45) is 0.710. The first-order valence-electron chi connectivity index (χ1n) is 11.4. The standard InChI is InChI=1S/C25H26N4O4S/c1-27(16-22-26-20-5-2-3-6-21(20)34-22)23(30)17-7-8-18-19(15-17)25(32)29(24(18)31)10-4-9-28-11-13-33-14-12-28/h2-3,5-8,15H,4,9-14,16H2,1H3. The van der Waals surface area contributed by atoms with Crippen LogP contribution in [0.5, 0.6) is 0 Å². The number of ether oxygens (including phenoxy) is 1. The molecule has 0 bridgehead atoms. The minimum atomic E-state index is -0.328. The molecule has 0 atom stereocenters. The number of imide groups is 1. The first-order chi connectivity index (χ1) is 16.5. The molecular weight excluding hydrogens is 452 g/mol. The maximum Gasteiger partial charge on any atom is 0.261 e. The number of fused-ring (bicyclic) bond motifs is 2. The molecule has 0 N–H and O–H groups in total. The van der Waals surface area contributed by atoms with E-state index in [-0.39, 0.29) is 17.7 Å². The Morgan fingerprint density at radius 3 is 2.62 bits per heavy atom. The molecule has 3 heterocycles. The maximum absolute atomic E-state index is 13.1. The van der Waals surface area contributed by atoms with Crippen LogP contribution in [0.4, 0.5) is 0 Å². The van der Waals surface area contributed by atoms with E-state index in [9.17, 15) is 14.4 Å². The fraction of sp³-hybridized carbons (Fsp3) is 0.360. The molecule has 8 nitrogen and oxygen atoms in total. The Hall–Kier alpha value is -3.14. The van der Waals surface area contributed by atoms with Crippen molar-refractivity contribution in [1.29, 1.82) is 0 Å². The number of thiazole rings is 1. The minimum absolute atomic E-state index is 0.215. The molecule has 34 heavy (non-hydrogen) atoms. The van der Waals surface area contributed by atoms with Crippen LogP contribution in [0.3, 0.4) is 0 Å². The molecule has 1 fully saturated rings. The molecule has 176 valence electrons. The van der Waals surface area contributed by atoms with Gasteiger partial charge in [-0.25, -0.2) is 4.98 Å². The number of morpholine rings is 1. The molecule has 2 aromatic carbocycles. The summed E-state index contributed by atoms with van der Waals surface area (Å²) in [5.74, 6) is -0.831. The second-order valence-corrected chi connectivity index (χ2v) is 9.68. The van der Waals surface area contributed by atoms with Crippen molar-refractivity contribution >= 4 is 39.3 Å². The van der Waals surface area contributed by atoms with Crippen molar-refractivity contribution in [3.63, 3.8) is 0 Å². The summed E-state index contributed by atoms with van der Waals surface area (Å²) < 4.78 is 6.43. The largest absolute Gasteiger partial charge is 0.379 e. The smallest absolute Gasteiger partial charge is 0.261 e. The summed E-state index contributed by atoms with van der Waals surface area (Å²) in [7, 11) is 1.71. The lowest BCUT2D eigenvalue weighted by Crippen LogP contribution is -2.39. The van der Waals surface area contributed by atoms with E-state index >= 15 is 0 Å². The van der Waals surface area contributed by atoms with E-state index in [4.69, 9.17) is 4.74 Å². The predicted octanol–water partition coefficient (Wildman–Crippen LogP) is 2.89. The third-order valence-electron chi connectivity index (χ3n) is 6.23. The average molecular weight is 479 g/mol. The van der Waals surface area contributed by atoms with Crippen molar-refractivity contribution in [2.24, 2.45) is 0 Å². The van der Waals surface area contributed by atoms with Gasteiger partial charge in [-0.05, 0) is 36.8 Å². The van der Waals surface area contributed by atoms with Crippen LogP contribution in [0.1, 0.15) is 42.5 Å². The second kappa shape index (κ2) is 9.61. The Balaban J connectivity index is 1.24. The molecule has 2 aliphatic heterocycles. The van der Waals surface area contributed by atoms with E-state index in [1.165, 1.54) is 4.90 Å². The third kappa shape index (κ3) is 4.46. The van der Waals surface area contributed by atoms with Gasteiger partial charge in [-0.15, -0.1) is 11.3 Å². The number of nitrogens with zero attached hydrogens (tertiary/aromatic N) is 4. The van der Waals surface area contributed by atoms with Gasteiger partial charge in [0.05, 0.1) is 41.1 Å². The Bertz CT molecular complexity index is 1220. The average Bonchev–Trinajstić information content (AvgIpc) is 3.37. The molecule has 0 unspecified atom stereocenters. The molecule has 0 spiro atoms. The topological polar surface area (TPSA) is 83.1 Å². The fourth-order valence-electron chi connectivity index (χ4n) is 4.39. The number of para-hydroxylation sites is 1. The highest BCUT2D eigenvalue weighted by molar-refractivity contribution is 7.18. The molecular formula is C25H26N4O4S. The normalized spacial score (nSPS) is 16.3. The van der Waals surface area contributed by atoms with E-state index in [1.807, 2.05) is 24.3 Å². The molecule has 9 heteroatoms. The Morgan fingerprint density at radius 2 is 1.82 bits per heavy atom. The van der Waals surface area contributed by atoms with Gasteiger partial charge in [-0.3, -0.25) is 24.2 Å². The van der Waals surface area contributed by atoms with Gasteiger partial charge in [0.15, 0.2) is 0 Å². The Kier molecular flexibility index (Phi) is 6.40. The van der Waals surface area contributed by atoms with E-state index in [1.54, 1.807) is 41.5 Å². The second-order valence-electron chi connectivity index (χ2n) is 8.57. The van der Waals surface area contributed by atoms with E-state index < -0.39 is 0 Å². The van der Waals surface area contributed by atoms with Crippen molar-refractivity contribution < 1.29 is 19.1 Å². The van der Waals surface area contributed by atoms with Gasteiger partial charge in [0.2, 0.25) is 0 Å². The highest BCUT2D eigenvalue weighted by Gasteiger charge is 2.36. The van der Waals surface area contributed by atoms with Crippen LogP contribution in [0.25, 0.3) is 10.2 Å². The first-order valence-corrected chi connectivity index (χ1v) is 12.2. The summed E-state index contributed by atoms with van der Waals surface area (Å²) in [5.41, 5.74) is 1.97. The van der Waals surface area contributed by atoms with Crippen LogP contribution in [0.2, 0.25) is 0 Å². The van der Waals surface area contributed by atoms with Crippen LogP contribution in [0, 0.1) is 0 Å². The number of carbonyl (C=O) groups excluding carboxylic acids is 3. The minimum Gasteiger partial charge on any atom is -0.379 e. The highest BCUT2D eigenvalue weighted by atomic mass is 32.1. The zero-order chi connectivity index (χ0) is 23.7. The molecule has 5 rings (SSSR count). The molecule has 2 aliphatic rings. The summed E-state index contributed by atoms with van der Waals surface area (Å²) in [6, 6.07) is 12.6. The van der Waals surface area contributed by atoms with Crippen LogP contribution in [-0.4, -0.2) is 83.8 Å². The lowest BCUT2D eigenvalue weighted by molar-refractivity contribution is 0.0355. The van der Waals surface area contributed by atoms with Crippen LogP contribution in [0.15, 0.2) is 42.5 Å². The van der Waals surface area contributed by atoms with Crippen molar-refractivity contribution in [3.8, 4) is 0 Å². The fourth-order valence-corrected chi connectivity index (χ4v) is 5.41. The summed E-state index contributed by atoms with van der Waals surface area (Å²) in [5, 5.41) is 0.843. The quantitative estimate of drug-likeness (QED) is 0.486. The van der Waals surface area contributed by atoms with Gasteiger partial charge in [-0.1, -0.05) is 12.1 Å². The number of rotatable bonds is 7. The van der Waals surface area contributed by atoms with Gasteiger partial charge in [0.25, 0.3) is 17.7 Å². The van der Waals surface area contributed by atoms with Gasteiger partial charge in [0, 0.05) is 38.8 Å². The molecule has 0 aliphatic carbocycles. The molecule has 3 amide bonds. The number of hydrogen-bond acceptors (Lipinski definition) is 7. The molecule has 0 radical (unpaired) electrons. The monoisotopic (exact) mass is 478 g/mol.